The van der Waals surface area contributed by atoms with Gasteiger partial charge in [-0.2, -0.15) is 0 Å². The first-order valence-corrected chi connectivity index (χ1v) is 8.25. The Morgan fingerprint density at radius 1 is 1.39 bits per heavy atom. The molecule has 1 aliphatic heterocycles. The van der Waals surface area contributed by atoms with Crippen LogP contribution >= 0.6 is 0 Å². The Morgan fingerprint density at radius 2 is 2.17 bits per heavy atom. The molecule has 2 rings (SSSR count). The molecule has 126 valence electrons. The fourth-order valence-corrected chi connectivity index (χ4v) is 2.84. The Kier molecular flexibility index (Phi) is 6.13. The molecule has 1 aromatic rings. The minimum atomic E-state index is -0.316. The average molecular weight is 320 g/mol. The standard InChI is InChI=1S/C18H25FN2O2/c1-13(2)18(23)20-11-15-6-4-8-21(12-15)17(22)10-14-5-3-7-16(19)9-14/h3,5,7,9,13,15H,4,6,8,10-12H2,1-2H3,(H,20,23)/t15-/m1/s1. The van der Waals surface area contributed by atoms with Gasteiger partial charge in [0, 0.05) is 25.6 Å². The van der Waals surface area contributed by atoms with Crippen molar-refractivity contribution in [1.82, 2.24) is 10.2 Å². The van der Waals surface area contributed by atoms with Crippen molar-refractivity contribution in [3.63, 3.8) is 0 Å². The Morgan fingerprint density at radius 3 is 2.87 bits per heavy atom. The monoisotopic (exact) mass is 320 g/mol. The van der Waals surface area contributed by atoms with Crippen LogP contribution in [0.5, 0.6) is 0 Å². The van der Waals surface area contributed by atoms with E-state index in [2.05, 4.69) is 5.32 Å². The maximum absolute atomic E-state index is 13.2. The van der Waals surface area contributed by atoms with Crippen LogP contribution in [0.15, 0.2) is 24.3 Å². The zero-order valence-electron chi connectivity index (χ0n) is 13.8. The van der Waals surface area contributed by atoms with Crippen molar-refractivity contribution in [2.24, 2.45) is 11.8 Å². The average Bonchev–Trinajstić information content (AvgIpc) is 2.52. The highest BCUT2D eigenvalue weighted by molar-refractivity contribution is 5.79. The SMILES string of the molecule is CC(C)C(=O)NC[C@H]1CCCN(C(=O)Cc2cccc(F)c2)C1. The van der Waals surface area contributed by atoms with Crippen LogP contribution in [0.4, 0.5) is 4.39 Å². The van der Waals surface area contributed by atoms with Crippen LogP contribution in [-0.4, -0.2) is 36.3 Å². The van der Waals surface area contributed by atoms with Crippen LogP contribution in [0.1, 0.15) is 32.3 Å². The molecular weight excluding hydrogens is 295 g/mol. The number of halogens is 1. The van der Waals surface area contributed by atoms with Crippen LogP contribution in [0.25, 0.3) is 0 Å². The van der Waals surface area contributed by atoms with Crippen molar-refractivity contribution in [2.75, 3.05) is 19.6 Å². The lowest BCUT2D eigenvalue weighted by molar-refractivity contribution is -0.132. The maximum Gasteiger partial charge on any atom is 0.227 e. The lowest BCUT2D eigenvalue weighted by atomic mass is 9.97. The van der Waals surface area contributed by atoms with Gasteiger partial charge in [0.1, 0.15) is 5.82 Å². The van der Waals surface area contributed by atoms with Gasteiger partial charge in [-0.15, -0.1) is 0 Å². The highest BCUT2D eigenvalue weighted by Crippen LogP contribution is 2.17. The third-order valence-corrected chi connectivity index (χ3v) is 4.21. The van der Waals surface area contributed by atoms with Crippen LogP contribution in [0.2, 0.25) is 0 Å². The quantitative estimate of drug-likeness (QED) is 0.905. The summed E-state index contributed by atoms with van der Waals surface area (Å²) in [4.78, 5) is 25.9. The van der Waals surface area contributed by atoms with Gasteiger partial charge in [-0.1, -0.05) is 26.0 Å². The van der Waals surface area contributed by atoms with Gasteiger partial charge in [0.2, 0.25) is 11.8 Å². The molecule has 1 heterocycles. The molecule has 1 fully saturated rings. The van der Waals surface area contributed by atoms with E-state index in [1.807, 2.05) is 18.7 Å². The minimum absolute atomic E-state index is 0.0236. The second-order valence-corrected chi connectivity index (χ2v) is 6.55. The normalized spacial score (nSPS) is 18.1. The molecule has 1 aromatic carbocycles. The van der Waals surface area contributed by atoms with Gasteiger partial charge in [-0.25, -0.2) is 4.39 Å². The van der Waals surface area contributed by atoms with Gasteiger partial charge in [0.25, 0.3) is 0 Å². The molecule has 1 N–H and O–H groups in total. The van der Waals surface area contributed by atoms with Gasteiger partial charge in [0.15, 0.2) is 0 Å². The number of piperidine rings is 1. The molecule has 0 unspecified atom stereocenters. The molecule has 0 aromatic heterocycles. The van der Waals surface area contributed by atoms with E-state index in [0.717, 1.165) is 19.4 Å². The smallest absolute Gasteiger partial charge is 0.227 e. The van der Waals surface area contributed by atoms with Crippen molar-refractivity contribution >= 4 is 11.8 Å². The van der Waals surface area contributed by atoms with Crippen LogP contribution in [0.3, 0.4) is 0 Å². The molecular formula is C18H25FN2O2. The number of hydrogen-bond donors (Lipinski definition) is 1. The van der Waals surface area contributed by atoms with E-state index in [4.69, 9.17) is 0 Å². The summed E-state index contributed by atoms with van der Waals surface area (Å²) in [7, 11) is 0. The predicted molar refractivity (Wildman–Crippen MR) is 87.3 cm³/mol. The van der Waals surface area contributed by atoms with E-state index in [-0.39, 0.29) is 30.0 Å². The molecule has 5 heteroatoms. The Bertz CT molecular complexity index is 560. The number of nitrogens with zero attached hydrogens (tertiary/aromatic N) is 1. The Labute approximate surface area is 137 Å². The fourth-order valence-electron chi connectivity index (χ4n) is 2.84. The van der Waals surface area contributed by atoms with E-state index < -0.39 is 0 Å². The summed E-state index contributed by atoms with van der Waals surface area (Å²) in [6.07, 6.45) is 2.18. The van der Waals surface area contributed by atoms with Crippen molar-refractivity contribution < 1.29 is 14.0 Å². The number of carbonyl (C=O) groups is 2. The largest absolute Gasteiger partial charge is 0.356 e. The summed E-state index contributed by atoms with van der Waals surface area (Å²) in [6, 6.07) is 6.17. The second kappa shape index (κ2) is 8.09. The molecule has 2 amide bonds. The molecule has 0 radical (unpaired) electrons. The van der Waals surface area contributed by atoms with E-state index >= 15 is 0 Å². The van der Waals surface area contributed by atoms with Gasteiger partial charge < -0.3 is 10.2 Å². The van der Waals surface area contributed by atoms with Gasteiger partial charge >= 0.3 is 0 Å². The van der Waals surface area contributed by atoms with E-state index in [0.29, 0.717) is 24.6 Å². The highest BCUT2D eigenvalue weighted by atomic mass is 19.1. The summed E-state index contributed by atoms with van der Waals surface area (Å²) in [5.74, 6) is 0.0270. The lowest BCUT2D eigenvalue weighted by Crippen LogP contribution is -2.44. The number of likely N-dealkylation sites (tertiary alicyclic amines) is 1. The second-order valence-electron chi connectivity index (χ2n) is 6.55. The summed E-state index contributed by atoms with van der Waals surface area (Å²) in [6.45, 7) is 5.74. The molecule has 1 aliphatic rings. The number of nitrogens with one attached hydrogen (secondary N) is 1. The Hall–Kier alpha value is -1.91. The number of rotatable bonds is 5. The first-order valence-electron chi connectivity index (χ1n) is 8.25. The zero-order valence-corrected chi connectivity index (χ0v) is 13.8. The molecule has 1 saturated heterocycles. The van der Waals surface area contributed by atoms with Crippen LogP contribution in [0, 0.1) is 17.7 Å². The number of amides is 2. The Balaban J connectivity index is 1.85. The summed E-state index contributed by atoms with van der Waals surface area (Å²) in [5.41, 5.74) is 0.699. The summed E-state index contributed by atoms with van der Waals surface area (Å²) in [5, 5.41) is 2.94. The van der Waals surface area contributed by atoms with Crippen molar-refractivity contribution in [2.45, 2.75) is 33.1 Å². The van der Waals surface area contributed by atoms with Gasteiger partial charge in [-0.05, 0) is 36.5 Å². The number of benzene rings is 1. The lowest BCUT2D eigenvalue weighted by Gasteiger charge is -2.33. The van der Waals surface area contributed by atoms with Gasteiger partial charge in [-0.3, -0.25) is 9.59 Å². The molecule has 4 nitrogen and oxygen atoms in total. The van der Waals surface area contributed by atoms with E-state index in [9.17, 15) is 14.0 Å². The molecule has 0 bridgehead atoms. The molecule has 23 heavy (non-hydrogen) atoms. The van der Waals surface area contributed by atoms with Crippen LogP contribution < -0.4 is 5.32 Å². The number of hydrogen-bond acceptors (Lipinski definition) is 2. The highest BCUT2D eigenvalue weighted by Gasteiger charge is 2.24. The van der Waals surface area contributed by atoms with E-state index in [1.165, 1.54) is 12.1 Å². The first kappa shape index (κ1) is 17.4. The fraction of sp³-hybridized carbons (Fsp3) is 0.556. The molecule has 0 spiro atoms. The molecule has 0 saturated carbocycles. The minimum Gasteiger partial charge on any atom is -0.356 e. The van der Waals surface area contributed by atoms with Crippen molar-refractivity contribution in [3.05, 3.63) is 35.6 Å². The number of carbonyl (C=O) groups excluding carboxylic acids is 2. The van der Waals surface area contributed by atoms with E-state index in [1.54, 1.807) is 12.1 Å². The predicted octanol–water partition coefficient (Wildman–Crippen LogP) is 2.38. The van der Waals surface area contributed by atoms with Gasteiger partial charge in [0.05, 0.1) is 6.42 Å². The topological polar surface area (TPSA) is 49.4 Å². The summed E-state index contributed by atoms with van der Waals surface area (Å²) >= 11 is 0. The zero-order chi connectivity index (χ0) is 16.8. The third-order valence-electron chi connectivity index (χ3n) is 4.21. The van der Waals surface area contributed by atoms with Crippen molar-refractivity contribution in [3.8, 4) is 0 Å². The first-order chi connectivity index (χ1) is 11.0. The maximum atomic E-state index is 13.2. The third kappa shape index (κ3) is 5.34. The molecule has 0 aliphatic carbocycles. The van der Waals surface area contributed by atoms with Crippen LogP contribution in [-0.2, 0) is 16.0 Å². The van der Waals surface area contributed by atoms with Crippen molar-refractivity contribution in [1.29, 1.82) is 0 Å². The summed E-state index contributed by atoms with van der Waals surface area (Å²) < 4.78 is 13.2. The molecule has 1 atom stereocenters.